The summed E-state index contributed by atoms with van der Waals surface area (Å²) in [6, 6.07) is 14.7. The molecule has 9 heteroatoms. The van der Waals surface area contributed by atoms with Crippen LogP contribution < -0.4 is 19.5 Å². The number of fused-ring (bicyclic) bond motifs is 2. The molecule has 5 rings (SSSR count). The molecule has 0 atom stereocenters. The van der Waals surface area contributed by atoms with Gasteiger partial charge in [0.25, 0.3) is 11.8 Å². The third kappa shape index (κ3) is 3.89. The Labute approximate surface area is 177 Å². The number of hydrogen-bond acceptors (Lipinski definition) is 6. The molecule has 2 aliphatic heterocycles. The zero-order valence-corrected chi connectivity index (χ0v) is 16.6. The van der Waals surface area contributed by atoms with E-state index in [0.717, 1.165) is 16.9 Å². The van der Waals surface area contributed by atoms with Crippen molar-refractivity contribution in [2.24, 2.45) is 0 Å². The first kappa shape index (κ1) is 19.0. The summed E-state index contributed by atoms with van der Waals surface area (Å²) >= 11 is 0. The maximum Gasteiger partial charge on any atom is 0.269 e. The quantitative estimate of drug-likeness (QED) is 0.654. The molecule has 2 amide bonds. The van der Waals surface area contributed by atoms with Crippen LogP contribution in [0.2, 0.25) is 0 Å². The first-order valence-electron chi connectivity index (χ1n) is 9.89. The minimum Gasteiger partial charge on any atom is -0.483 e. The van der Waals surface area contributed by atoms with E-state index in [0.29, 0.717) is 42.5 Å². The van der Waals surface area contributed by atoms with Crippen LogP contribution >= 0.6 is 0 Å². The van der Waals surface area contributed by atoms with Crippen LogP contribution in [0.5, 0.6) is 17.2 Å². The molecule has 0 saturated heterocycles. The fourth-order valence-corrected chi connectivity index (χ4v) is 3.55. The molecule has 2 aliphatic rings. The van der Waals surface area contributed by atoms with Crippen molar-refractivity contribution in [2.75, 3.05) is 26.5 Å². The lowest BCUT2D eigenvalue weighted by Crippen LogP contribution is -2.39. The number of rotatable bonds is 5. The van der Waals surface area contributed by atoms with Gasteiger partial charge in [-0.15, -0.1) is 0 Å². The molecule has 1 aromatic heterocycles. The minimum atomic E-state index is -0.293. The van der Waals surface area contributed by atoms with Gasteiger partial charge in [-0.3, -0.25) is 14.7 Å². The zero-order valence-electron chi connectivity index (χ0n) is 16.6. The predicted molar refractivity (Wildman–Crippen MR) is 110 cm³/mol. The molecule has 158 valence electrons. The summed E-state index contributed by atoms with van der Waals surface area (Å²) < 4.78 is 16.2. The Kier molecular flexibility index (Phi) is 4.91. The van der Waals surface area contributed by atoms with Gasteiger partial charge in [0.15, 0.2) is 18.1 Å². The van der Waals surface area contributed by atoms with Crippen LogP contribution in [-0.2, 0) is 11.3 Å². The Morgan fingerprint density at radius 1 is 1.06 bits per heavy atom. The topological polar surface area (TPSA) is 106 Å². The molecule has 2 N–H and O–H groups in total. The van der Waals surface area contributed by atoms with E-state index in [1.165, 1.54) is 0 Å². The molecule has 0 spiro atoms. The van der Waals surface area contributed by atoms with Crippen molar-refractivity contribution in [3.05, 3.63) is 59.8 Å². The molecule has 2 aromatic carbocycles. The number of ether oxygens (including phenoxy) is 3. The monoisotopic (exact) mass is 420 g/mol. The molecule has 3 heterocycles. The molecule has 0 saturated carbocycles. The molecule has 0 aliphatic carbocycles. The van der Waals surface area contributed by atoms with E-state index in [4.69, 9.17) is 14.2 Å². The van der Waals surface area contributed by atoms with E-state index in [2.05, 4.69) is 15.5 Å². The number of carbonyl (C=O) groups is 2. The maximum atomic E-state index is 12.5. The molecular formula is C22H20N4O5. The fraction of sp³-hybridized carbons (Fsp3) is 0.227. The van der Waals surface area contributed by atoms with E-state index < -0.39 is 0 Å². The van der Waals surface area contributed by atoms with Gasteiger partial charge < -0.3 is 24.4 Å². The summed E-state index contributed by atoms with van der Waals surface area (Å²) in [5.41, 5.74) is 2.72. The van der Waals surface area contributed by atoms with Gasteiger partial charge in [0, 0.05) is 30.8 Å². The van der Waals surface area contributed by atoms with Crippen LogP contribution in [0, 0.1) is 0 Å². The second-order valence-corrected chi connectivity index (χ2v) is 7.20. The average molecular weight is 420 g/mol. The Morgan fingerprint density at radius 3 is 2.87 bits per heavy atom. The highest BCUT2D eigenvalue weighted by atomic mass is 16.7. The number of carbonyl (C=O) groups excluding carboxylic acids is 2. The molecule has 31 heavy (non-hydrogen) atoms. The van der Waals surface area contributed by atoms with E-state index in [1.54, 1.807) is 11.0 Å². The molecule has 9 nitrogen and oxygen atoms in total. The maximum absolute atomic E-state index is 12.5. The average Bonchev–Trinajstić information content (AvgIpc) is 3.43. The minimum absolute atomic E-state index is 0.00952. The SMILES string of the molecule is O=C(NCCN1Cc2ccccc2OCC1=O)c1cc(-c2ccc3c(c2)OCO3)n[nH]1. The van der Waals surface area contributed by atoms with Gasteiger partial charge in [0.1, 0.15) is 11.4 Å². The molecular weight excluding hydrogens is 400 g/mol. The standard InChI is InChI=1S/C22H20N4O5/c27-21-12-29-18-4-2-1-3-15(18)11-26(21)8-7-23-22(28)17-10-16(24-25-17)14-5-6-19-20(9-14)31-13-30-19/h1-6,9-10H,7-8,11-13H2,(H,23,28)(H,24,25). The number of amides is 2. The number of H-pyrrole nitrogens is 1. The van der Waals surface area contributed by atoms with Gasteiger partial charge >= 0.3 is 0 Å². The normalized spacial score (nSPS) is 14.6. The Balaban J connectivity index is 1.19. The van der Waals surface area contributed by atoms with Crippen molar-refractivity contribution in [1.29, 1.82) is 0 Å². The van der Waals surface area contributed by atoms with Crippen LogP contribution in [-0.4, -0.2) is 53.4 Å². The first-order valence-corrected chi connectivity index (χ1v) is 9.89. The van der Waals surface area contributed by atoms with Crippen LogP contribution in [0.15, 0.2) is 48.5 Å². The highest BCUT2D eigenvalue weighted by molar-refractivity contribution is 5.93. The summed E-state index contributed by atoms with van der Waals surface area (Å²) in [5, 5.41) is 9.80. The van der Waals surface area contributed by atoms with Gasteiger partial charge in [-0.05, 0) is 30.3 Å². The van der Waals surface area contributed by atoms with Crippen molar-refractivity contribution in [3.8, 4) is 28.5 Å². The number of nitrogens with zero attached hydrogens (tertiary/aromatic N) is 2. The van der Waals surface area contributed by atoms with Crippen LogP contribution in [0.1, 0.15) is 16.1 Å². The second-order valence-electron chi connectivity index (χ2n) is 7.20. The number of aromatic nitrogens is 2. The van der Waals surface area contributed by atoms with Gasteiger partial charge in [0.05, 0.1) is 5.69 Å². The number of aromatic amines is 1. The Hall–Kier alpha value is -4.01. The number of benzene rings is 2. The van der Waals surface area contributed by atoms with Crippen molar-refractivity contribution in [2.45, 2.75) is 6.54 Å². The molecule has 3 aromatic rings. The second kappa shape index (κ2) is 8.02. The summed E-state index contributed by atoms with van der Waals surface area (Å²) in [6.45, 7) is 1.33. The smallest absolute Gasteiger partial charge is 0.269 e. The number of hydrogen-bond donors (Lipinski definition) is 2. The lowest BCUT2D eigenvalue weighted by Gasteiger charge is -2.20. The lowest BCUT2D eigenvalue weighted by molar-refractivity contribution is -0.133. The highest BCUT2D eigenvalue weighted by Gasteiger charge is 2.21. The van der Waals surface area contributed by atoms with Gasteiger partial charge in [0.2, 0.25) is 6.79 Å². The van der Waals surface area contributed by atoms with Gasteiger partial charge in [-0.25, -0.2) is 0 Å². The van der Waals surface area contributed by atoms with Crippen LogP contribution in [0.25, 0.3) is 11.3 Å². The summed E-state index contributed by atoms with van der Waals surface area (Å²) in [7, 11) is 0. The summed E-state index contributed by atoms with van der Waals surface area (Å²) in [4.78, 5) is 26.5. The largest absolute Gasteiger partial charge is 0.483 e. The first-order chi connectivity index (χ1) is 15.2. The third-order valence-corrected chi connectivity index (χ3v) is 5.20. The van der Waals surface area contributed by atoms with E-state index in [1.807, 2.05) is 42.5 Å². The fourth-order valence-electron chi connectivity index (χ4n) is 3.55. The van der Waals surface area contributed by atoms with Crippen molar-refractivity contribution in [3.63, 3.8) is 0 Å². The van der Waals surface area contributed by atoms with Crippen molar-refractivity contribution in [1.82, 2.24) is 20.4 Å². The van der Waals surface area contributed by atoms with E-state index >= 15 is 0 Å². The predicted octanol–water partition coefficient (Wildman–Crippen LogP) is 1.96. The van der Waals surface area contributed by atoms with Crippen LogP contribution in [0.3, 0.4) is 0 Å². The van der Waals surface area contributed by atoms with Crippen LogP contribution in [0.4, 0.5) is 0 Å². The zero-order chi connectivity index (χ0) is 21.2. The van der Waals surface area contributed by atoms with Gasteiger partial charge in [-0.1, -0.05) is 18.2 Å². The van der Waals surface area contributed by atoms with E-state index in [9.17, 15) is 9.59 Å². The third-order valence-electron chi connectivity index (χ3n) is 5.20. The van der Waals surface area contributed by atoms with Gasteiger partial charge in [-0.2, -0.15) is 5.10 Å². The van der Waals surface area contributed by atoms with Crippen molar-refractivity contribution >= 4 is 11.8 Å². The van der Waals surface area contributed by atoms with E-state index in [-0.39, 0.29) is 25.2 Å². The molecule has 0 unspecified atom stereocenters. The Morgan fingerprint density at radius 2 is 1.94 bits per heavy atom. The molecule has 0 bridgehead atoms. The molecule has 0 fully saturated rings. The summed E-state index contributed by atoms with van der Waals surface area (Å²) in [6.07, 6.45) is 0. The highest BCUT2D eigenvalue weighted by Crippen LogP contribution is 2.35. The Bertz CT molecular complexity index is 1140. The number of nitrogens with one attached hydrogen (secondary N) is 2. The van der Waals surface area contributed by atoms with Crippen molar-refractivity contribution < 1.29 is 23.8 Å². The summed E-state index contributed by atoms with van der Waals surface area (Å²) in [5.74, 6) is 1.65. The lowest BCUT2D eigenvalue weighted by atomic mass is 10.1. The number of para-hydroxylation sites is 1. The molecule has 0 radical (unpaired) electrons.